The van der Waals surface area contributed by atoms with Crippen LogP contribution in [-0.2, 0) is 15.6 Å². The quantitative estimate of drug-likeness (QED) is 0.385. The first-order chi connectivity index (χ1) is 14.8. The maximum Gasteiger partial charge on any atom is 0.240 e. The van der Waals surface area contributed by atoms with Crippen LogP contribution in [0.5, 0.6) is 0 Å². The number of aliphatic hydroxyl groups is 1. The molecule has 2 aromatic heterocycles. The fourth-order valence-corrected chi connectivity index (χ4v) is 4.77. The summed E-state index contributed by atoms with van der Waals surface area (Å²) in [5, 5.41) is 20.4. The minimum atomic E-state index is -3.69. The van der Waals surface area contributed by atoms with Gasteiger partial charge >= 0.3 is 0 Å². The smallest absolute Gasteiger partial charge is 0.240 e. The van der Waals surface area contributed by atoms with Gasteiger partial charge in [-0.1, -0.05) is 23.4 Å². The van der Waals surface area contributed by atoms with Crippen LogP contribution >= 0.6 is 0 Å². The molecule has 3 N–H and O–H groups in total. The van der Waals surface area contributed by atoms with Gasteiger partial charge in [-0.2, -0.15) is 0 Å². The third kappa shape index (κ3) is 4.59. The van der Waals surface area contributed by atoms with Crippen LogP contribution in [0.1, 0.15) is 19.5 Å². The highest BCUT2D eigenvalue weighted by Crippen LogP contribution is 2.27. The van der Waals surface area contributed by atoms with Crippen LogP contribution in [-0.4, -0.2) is 42.8 Å². The molecule has 0 saturated heterocycles. The van der Waals surface area contributed by atoms with Crippen LogP contribution in [0.25, 0.3) is 21.7 Å². The van der Waals surface area contributed by atoms with E-state index in [1.807, 2.05) is 18.2 Å². The number of benzene rings is 2. The number of nitrogens with one attached hydrogen (secondary N) is 2. The van der Waals surface area contributed by atoms with Gasteiger partial charge in [-0.05, 0) is 49.6 Å². The van der Waals surface area contributed by atoms with E-state index < -0.39 is 21.7 Å². The number of rotatable bonds is 8. The van der Waals surface area contributed by atoms with Crippen molar-refractivity contribution in [3.63, 3.8) is 0 Å². The minimum Gasteiger partial charge on any atom is -0.382 e. The molecule has 0 saturated carbocycles. The summed E-state index contributed by atoms with van der Waals surface area (Å²) >= 11 is 0. The van der Waals surface area contributed by atoms with Gasteiger partial charge in [0.15, 0.2) is 5.58 Å². The Labute approximate surface area is 180 Å². The maximum absolute atomic E-state index is 12.8. The molecule has 2 heterocycles. The van der Waals surface area contributed by atoms with Gasteiger partial charge in [-0.25, -0.2) is 13.1 Å². The van der Waals surface area contributed by atoms with Crippen molar-refractivity contribution in [3.05, 3.63) is 66.6 Å². The largest absolute Gasteiger partial charge is 0.382 e. The van der Waals surface area contributed by atoms with Crippen molar-refractivity contribution < 1.29 is 18.0 Å². The van der Waals surface area contributed by atoms with Gasteiger partial charge < -0.3 is 14.9 Å². The predicted octanol–water partition coefficient (Wildman–Crippen LogP) is 2.54. The number of hydrogen-bond donors (Lipinski definition) is 3. The Morgan fingerprint density at radius 2 is 1.97 bits per heavy atom. The molecular weight excluding hydrogens is 416 g/mol. The lowest BCUT2D eigenvalue weighted by Gasteiger charge is -2.23. The second-order valence-corrected chi connectivity index (χ2v) is 9.55. The Hall–Kier alpha value is -2.85. The van der Waals surface area contributed by atoms with Gasteiger partial charge in [0.05, 0.1) is 4.90 Å². The van der Waals surface area contributed by atoms with Gasteiger partial charge in [-0.3, -0.25) is 4.98 Å². The van der Waals surface area contributed by atoms with Crippen LogP contribution < -0.4 is 10.0 Å². The van der Waals surface area contributed by atoms with E-state index in [0.717, 1.165) is 16.2 Å². The molecule has 4 rings (SSSR count). The summed E-state index contributed by atoms with van der Waals surface area (Å²) in [4.78, 5) is 4.23. The molecular formula is C22H24N4O4S. The van der Waals surface area contributed by atoms with Crippen molar-refractivity contribution in [1.82, 2.24) is 20.2 Å². The first kappa shape index (κ1) is 21.4. The molecule has 0 bridgehead atoms. The summed E-state index contributed by atoms with van der Waals surface area (Å²) in [7, 11) is -3.69. The lowest BCUT2D eigenvalue weighted by Crippen LogP contribution is -2.44. The summed E-state index contributed by atoms with van der Waals surface area (Å²) in [6, 6.07) is 13.6. The van der Waals surface area contributed by atoms with Crippen molar-refractivity contribution in [2.75, 3.05) is 13.1 Å². The number of fused-ring (bicyclic) bond motifs is 2. The SMILES string of the molecule is C[C@H](CNCC(C)(O)c1noc2ccccc12)NS(=O)(=O)c1ccc2cnccc2c1. The van der Waals surface area contributed by atoms with Gasteiger partial charge in [0, 0.05) is 42.3 Å². The number of sulfonamides is 1. The highest BCUT2D eigenvalue weighted by Gasteiger charge is 2.29. The molecule has 0 fully saturated rings. The molecule has 162 valence electrons. The van der Waals surface area contributed by atoms with Crippen molar-refractivity contribution >= 4 is 31.8 Å². The van der Waals surface area contributed by atoms with E-state index in [1.165, 1.54) is 0 Å². The molecule has 31 heavy (non-hydrogen) atoms. The molecule has 2 atom stereocenters. The first-order valence-electron chi connectivity index (χ1n) is 9.90. The molecule has 1 unspecified atom stereocenters. The molecule has 2 aromatic carbocycles. The van der Waals surface area contributed by atoms with Crippen molar-refractivity contribution in [2.45, 2.75) is 30.4 Å². The Bertz CT molecular complexity index is 1320. The van der Waals surface area contributed by atoms with Gasteiger partial charge in [-0.15, -0.1) is 0 Å². The Kier molecular flexibility index (Phi) is 5.76. The average Bonchev–Trinajstić information content (AvgIpc) is 3.18. The van der Waals surface area contributed by atoms with Crippen LogP contribution in [0.3, 0.4) is 0 Å². The van der Waals surface area contributed by atoms with E-state index in [0.29, 0.717) is 17.8 Å². The normalized spacial score (nSPS) is 15.2. The van der Waals surface area contributed by atoms with E-state index in [2.05, 4.69) is 20.2 Å². The number of para-hydroxylation sites is 1. The fraction of sp³-hybridized carbons (Fsp3) is 0.273. The van der Waals surface area contributed by atoms with E-state index >= 15 is 0 Å². The standard InChI is InChI=1S/C22H24N4O4S/c1-15(26-31(28,29)18-8-7-17-13-23-10-9-16(17)11-18)12-24-14-22(2,27)21-19-5-3-4-6-20(19)30-25-21/h3-11,13,15,24,26-27H,12,14H2,1-2H3/t15-,22?/m1/s1. The van der Waals surface area contributed by atoms with Gasteiger partial charge in [0.2, 0.25) is 10.0 Å². The summed E-state index contributed by atoms with van der Waals surface area (Å²) < 4.78 is 33.4. The van der Waals surface area contributed by atoms with Gasteiger partial charge in [0.1, 0.15) is 11.3 Å². The second-order valence-electron chi connectivity index (χ2n) is 7.84. The predicted molar refractivity (Wildman–Crippen MR) is 118 cm³/mol. The highest BCUT2D eigenvalue weighted by atomic mass is 32.2. The lowest BCUT2D eigenvalue weighted by molar-refractivity contribution is 0.0504. The summed E-state index contributed by atoms with van der Waals surface area (Å²) in [5.41, 5.74) is -0.239. The monoisotopic (exact) mass is 440 g/mol. The fourth-order valence-electron chi connectivity index (χ4n) is 3.49. The first-order valence-corrected chi connectivity index (χ1v) is 11.4. The molecule has 4 aromatic rings. The molecule has 0 amide bonds. The second kappa shape index (κ2) is 8.35. The zero-order chi connectivity index (χ0) is 22.1. The Balaban J connectivity index is 1.38. The minimum absolute atomic E-state index is 0.179. The zero-order valence-electron chi connectivity index (χ0n) is 17.2. The number of pyridine rings is 1. The number of aromatic nitrogens is 2. The summed E-state index contributed by atoms with van der Waals surface area (Å²) in [6.45, 7) is 3.90. The maximum atomic E-state index is 12.8. The molecule has 9 heteroatoms. The summed E-state index contributed by atoms with van der Waals surface area (Å²) in [6.07, 6.45) is 3.32. The van der Waals surface area contributed by atoms with E-state index in [9.17, 15) is 13.5 Å². The summed E-state index contributed by atoms with van der Waals surface area (Å²) in [5.74, 6) is 0. The van der Waals surface area contributed by atoms with Crippen molar-refractivity contribution in [1.29, 1.82) is 0 Å². The molecule has 0 aliphatic carbocycles. The zero-order valence-corrected chi connectivity index (χ0v) is 18.1. The third-order valence-corrected chi connectivity index (χ3v) is 6.67. The molecule has 0 aliphatic heterocycles. The molecule has 0 aliphatic rings. The van der Waals surface area contributed by atoms with Crippen LogP contribution in [0, 0.1) is 0 Å². The van der Waals surface area contributed by atoms with Crippen molar-refractivity contribution in [3.8, 4) is 0 Å². The topological polar surface area (TPSA) is 117 Å². The molecule has 8 nitrogen and oxygen atoms in total. The van der Waals surface area contributed by atoms with Crippen LogP contribution in [0.4, 0.5) is 0 Å². The molecule has 0 spiro atoms. The number of nitrogens with zero attached hydrogens (tertiary/aromatic N) is 2. The van der Waals surface area contributed by atoms with Crippen molar-refractivity contribution in [2.24, 2.45) is 0 Å². The highest BCUT2D eigenvalue weighted by molar-refractivity contribution is 7.89. The lowest BCUT2D eigenvalue weighted by atomic mass is 9.99. The number of hydrogen-bond acceptors (Lipinski definition) is 7. The van der Waals surface area contributed by atoms with Gasteiger partial charge in [0.25, 0.3) is 0 Å². The van der Waals surface area contributed by atoms with E-state index in [4.69, 9.17) is 4.52 Å². The third-order valence-electron chi connectivity index (χ3n) is 5.09. The Morgan fingerprint density at radius 3 is 2.81 bits per heavy atom. The average molecular weight is 441 g/mol. The van der Waals surface area contributed by atoms with Crippen LogP contribution in [0.2, 0.25) is 0 Å². The van der Waals surface area contributed by atoms with E-state index in [1.54, 1.807) is 56.6 Å². The Morgan fingerprint density at radius 1 is 1.16 bits per heavy atom. The van der Waals surface area contributed by atoms with E-state index in [-0.39, 0.29) is 11.4 Å². The molecule has 0 radical (unpaired) electrons. The van der Waals surface area contributed by atoms with Crippen LogP contribution in [0.15, 0.2) is 70.3 Å².